The van der Waals surface area contributed by atoms with Crippen molar-refractivity contribution in [3.8, 4) is 0 Å². The lowest BCUT2D eigenvalue weighted by molar-refractivity contribution is -0.174. The summed E-state index contributed by atoms with van der Waals surface area (Å²) in [6.07, 6.45) is 4.27. The molecule has 1 fully saturated rings. The smallest absolute Gasteiger partial charge is 0.410 e. The highest BCUT2D eigenvalue weighted by Crippen LogP contribution is 2.53. The summed E-state index contributed by atoms with van der Waals surface area (Å²) >= 11 is 0. The van der Waals surface area contributed by atoms with Crippen LogP contribution in [0, 0.1) is 5.41 Å². The molecule has 1 saturated carbocycles. The normalized spacial score (nSPS) is 16.6. The Morgan fingerprint density at radius 2 is 1.81 bits per heavy atom. The minimum atomic E-state index is -3.06. The number of amides is 1. The van der Waals surface area contributed by atoms with Crippen LogP contribution in [0.2, 0.25) is 0 Å². The van der Waals surface area contributed by atoms with Crippen molar-refractivity contribution >= 4 is 19.8 Å². The monoisotopic (exact) mass is 390 g/mol. The van der Waals surface area contributed by atoms with E-state index in [2.05, 4.69) is 5.32 Å². The van der Waals surface area contributed by atoms with Crippen molar-refractivity contribution in [3.63, 3.8) is 0 Å². The lowest BCUT2D eigenvalue weighted by atomic mass is 9.96. The van der Waals surface area contributed by atoms with E-state index in [0.29, 0.717) is 6.42 Å². The SMILES string of the molecule is CC(OC(=O)NCCC[P+](O)(O)C=C1CCCCC1)OC(=O)C(C)(C)C. The van der Waals surface area contributed by atoms with E-state index in [1.807, 2.05) is 0 Å². The van der Waals surface area contributed by atoms with Crippen LogP contribution in [0.1, 0.15) is 66.2 Å². The predicted octanol–water partition coefficient (Wildman–Crippen LogP) is 3.72. The van der Waals surface area contributed by atoms with Gasteiger partial charge in [0.05, 0.1) is 5.41 Å². The highest BCUT2D eigenvalue weighted by Gasteiger charge is 2.31. The molecule has 0 radical (unpaired) electrons. The molecule has 0 saturated heterocycles. The Morgan fingerprint density at radius 3 is 2.38 bits per heavy atom. The van der Waals surface area contributed by atoms with E-state index in [4.69, 9.17) is 9.47 Å². The van der Waals surface area contributed by atoms with Crippen molar-refractivity contribution < 1.29 is 28.8 Å². The maximum absolute atomic E-state index is 11.7. The standard InChI is InChI=1S/C18H32NO6P/c1-14(24-16(20)18(2,3)4)25-17(21)19-11-8-12-26(22,23)13-15-9-6-5-7-10-15/h13-14,22-23H,5-12H2,1-4H3/p+1. The van der Waals surface area contributed by atoms with Gasteiger partial charge in [0.25, 0.3) is 7.72 Å². The van der Waals surface area contributed by atoms with Crippen LogP contribution >= 0.6 is 7.72 Å². The number of nitrogens with one attached hydrogen (secondary N) is 1. The molecular formula is C18H33NO6P+. The molecule has 1 aliphatic carbocycles. The average molecular weight is 390 g/mol. The minimum absolute atomic E-state index is 0.228. The Labute approximate surface area is 156 Å². The molecule has 0 aromatic carbocycles. The summed E-state index contributed by atoms with van der Waals surface area (Å²) in [5.41, 5.74) is 0.465. The van der Waals surface area contributed by atoms with Crippen molar-refractivity contribution in [1.29, 1.82) is 0 Å². The highest BCUT2D eigenvalue weighted by atomic mass is 31.2. The topological polar surface area (TPSA) is 105 Å². The van der Waals surface area contributed by atoms with Gasteiger partial charge in [0.15, 0.2) is 0 Å². The predicted molar refractivity (Wildman–Crippen MR) is 102 cm³/mol. The van der Waals surface area contributed by atoms with Gasteiger partial charge in [-0.3, -0.25) is 4.79 Å². The van der Waals surface area contributed by atoms with E-state index in [0.717, 1.165) is 31.3 Å². The van der Waals surface area contributed by atoms with Gasteiger partial charge in [0.2, 0.25) is 6.29 Å². The van der Waals surface area contributed by atoms with E-state index in [9.17, 15) is 19.4 Å². The summed E-state index contributed by atoms with van der Waals surface area (Å²) in [5.74, 6) is 1.20. The van der Waals surface area contributed by atoms with Crippen LogP contribution in [-0.4, -0.2) is 40.8 Å². The molecule has 1 atom stereocenters. The Morgan fingerprint density at radius 1 is 1.19 bits per heavy atom. The molecule has 3 N–H and O–H groups in total. The molecule has 1 unspecified atom stereocenters. The van der Waals surface area contributed by atoms with Crippen LogP contribution in [0.3, 0.4) is 0 Å². The van der Waals surface area contributed by atoms with Crippen molar-refractivity contribution in [2.75, 3.05) is 12.7 Å². The van der Waals surface area contributed by atoms with Gasteiger partial charge >= 0.3 is 12.1 Å². The number of ether oxygens (including phenoxy) is 2. The number of carbonyl (C=O) groups excluding carboxylic acids is 2. The summed E-state index contributed by atoms with van der Waals surface area (Å²) in [6, 6.07) is 0. The van der Waals surface area contributed by atoms with Gasteiger partial charge in [-0.05, 0) is 52.0 Å². The molecular weight excluding hydrogens is 357 g/mol. The van der Waals surface area contributed by atoms with Gasteiger partial charge in [0.1, 0.15) is 12.0 Å². The summed E-state index contributed by atoms with van der Waals surface area (Å²) in [7, 11) is -3.06. The molecule has 0 heterocycles. The second-order valence-electron chi connectivity index (χ2n) is 7.77. The fourth-order valence-corrected chi connectivity index (χ4v) is 4.13. The van der Waals surface area contributed by atoms with E-state index < -0.39 is 31.5 Å². The van der Waals surface area contributed by atoms with Crippen molar-refractivity contribution in [2.24, 2.45) is 5.41 Å². The lowest BCUT2D eigenvalue weighted by Crippen LogP contribution is -2.33. The van der Waals surface area contributed by atoms with Gasteiger partial charge in [-0.1, -0.05) is 6.42 Å². The molecule has 150 valence electrons. The molecule has 0 spiro atoms. The largest absolute Gasteiger partial charge is 0.425 e. The molecule has 0 aromatic rings. The summed E-state index contributed by atoms with van der Waals surface area (Å²) < 4.78 is 9.98. The number of allylic oxidation sites excluding steroid dienone is 1. The minimum Gasteiger partial charge on any atom is -0.425 e. The molecule has 1 aliphatic rings. The molecule has 0 aromatic heterocycles. The summed E-state index contributed by atoms with van der Waals surface area (Å²) in [5, 5.41) is 2.52. The second-order valence-corrected chi connectivity index (χ2v) is 10.0. The Hall–Kier alpha value is -1.17. The molecule has 0 bridgehead atoms. The van der Waals surface area contributed by atoms with Crippen molar-refractivity contribution in [3.05, 3.63) is 11.4 Å². The van der Waals surface area contributed by atoms with Gasteiger partial charge in [-0.2, -0.15) is 0 Å². The van der Waals surface area contributed by atoms with Gasteiger partial charge in [0, 0.05) is 19.9 Å². The number of hydrogen-bond acceptors (Lipinski definition) is 6. The van der Waals surface area contributed by atoms with Crippen LogP contribution in [0.15, 0.2) is 11.4 Å². The molecule has 1 amide bonds. The zero-order chi connectivity index (χ0) is 19.8. The second kappa shape index (κ2) is 10.2. The Kier molecular flexibility index (Phi) is 9.01. The number of carbonyl (C=O) groups is 2. The third-order valence-corrected chi connectivity index (χ3v) is 5.73. The molecule has 1 rings (SSSR count). The third kappa shape index (κ3) is 9.51. The number of esters is 1. The quantitative estimate of drug-likeness (QED) is 0.265. The van der Waals surface area contributed by atoms with E-state index in [1.54, 1.807) is 26.6 Å². The maximum atomic E-state index is 11.7. The van der Waals surface area contributed by atoms with Crippen LogP contribution in [0.25, 0.3) is 0 Å². The fourth-order valence-electron chi connectivity index (χ4n) is 2.54. The van der Waals surface area contributed by atoms with Gasteiger partial charge < -0.3 is 14.8 Å². The Bertz CT molecular complexity index is 504. The first-order valence-electron chi connectivity index (χ1n) is 9.19. The number of alkyl carbamates (subject to hydrolysis) is 1. The summed E-state index contributed by atoms with van der Waals surface area (Å²) in [6.45, 7) is 6.86. The van der Waals surface area contributed by atoms with E-state index >= 15 is 0 Å². The number of rotatable bonds is 7. The third-order valence-electron chi connectivity index (χ3n) is 3.98. The van der Waals surface area contributed by atoms with E-state index in [1.165, 1.54) is 13.3 Å². The summed E-state index contributed by atoms with van der Waals surface area (Å²) in [4.78, 5) is 43.7. The maximum Gasteiger partial charge on any atom is 0.410 e. The van der Waals surface area contributed by atoms with Crippen LogP contribution in [0.4, 0.5) is 4.79 Å². The lowest BCUT2D eigenvalue weighted by Gasteiger charge is -2.20. The first kappa shape index (κ1) is 22.9. The van der Waals surface area contributed by atoms with Crippen molar-refractivity contribution in [1.82, 2.24) is 5.32 Å². The van der Waals surface area contributed by atoms with E-state index in [-0.39, 0.29) is 12.7 Å². The van der Waals surface area contributed by atoms with Gasteiger partial charge in [-0.25, -0.2) is 14.6 Å². The molecule has 26 heavy (non-hydrogen) atoms. The first-order valence-corrected chi connectivity index (χ1v) is 11.1. The Balaban J connectivity index is 2.25. The molecule has 7 nitrogen and oxygen atoms in total. The number of hydrogen-bond donors (Lipinski definition) is 3. The van der Waals surface area contributed by atoms with Crippen LogP contribution in [-0.2, 0) is 14.3 Å². The zero-order valence-corrected chi connectivity index (χ0v) is 17.2. The zero-order valence-electron chi connectivity index (χ0n) is 16.3. The first-order chi connectivity index (χ1) is 12.0. The highest BCUT2D eigenvalue weighted by molar-refractivity contribution is 7.67. The fraction of sp³-hybridized carbons (Fsp3) is 0.778. The molecule has 0 aliphatic heterocycles. The average Bonchev–Trinajstić information content (AvgIpc) is 2.51. The molecule has 8 heteroatoms. The van der Waals surface area contributed by atoms with Crippen molar-refractivity contribution in [2.45, 2.75) is 72.5 Å². The van der Waals surface area contributed by atoms with Gasteiger partial charge in [-0.15, -0.1) is 0 Å². The van der Waals surface area contributed by atoms with Crippen LogP contribution in [0.5, 0.6) is 0 Å². The van der Waals surface area contributed by atoms with Crippen LogP contribution < -0.4 is 5.32 Å².